The third-order valence-electron chi connectivity index (χ3n) is 3.40. The lowest BCUT2D eigenvalue weighted by Gasteiger charge is -2.34. The van der Waals surface area contributed by atoms with Gasteiger partial charge in [-0.1, -0.05) is 0 Å². The number of thiol groups is 1. The minimum Gasteiger partial charge on any atom is -1.00 e. The predicted octanol–water partition coefficient (Wildman–Crippen LogP) is -1.47. The van der Waals surface area contributed by atoms with Crippen molar-refractivity contribution in [2.75, 3.05) is 45.5 Å². The van der Waals surface area contributed by atoms with Gasteiger partial charge < -0.3 is 26.8 Å². The Kier molecular flexibility index (Phi) is 9.29. The molecule has 1 aliphatic heterocycles. The monoisotopic (exact) mass is 296 g/mol. The van der Waals surface area contributed by atoms with Gasteiger partial charge in [-0.2, -0.15) is 12.6 Å². The van der Waals surface area contributed by atoms with Gasteiger partial charge in [0.15, 0.2) is 0 Å². The molecule has 92 valence electrons. The van der Waals surface area contributed by atoms with E-state index in [2.05, 4.69) is 17.9 Å². The summed E-state index contributed by atoms with van der Waals surface area (Å²) >= 11 is 4.39. The summed E-state index contributed by atoms with van der Waals surface area (Å²) in [6.07, 6.45) is 5.55. The molecule has 0 unspecified atom stereocenters. The van der Waals surface area contributed by atoms with Crippen LogP contribution >= 0.6 is 12.6 Å². The quantitative estimate of drug-likeness (QED) is 0.332. The Hall–Kier alpha value is 0.750. The molecule has 0 radical (unpaired) electrons. The normalized spacial score (nSPS) is 18.8. The lowest BCUT2D eigenvalue weighted by atomic mass is 10.2. The number of nitrogens with zero attached hydrogens (tertiary/aromatic N) is 1. The SMILES string of the molecule is CNCCCC[N+]1(CCS)CCCC1.[Br-]. The van der Waals surface area contributed by atoms with Crippen molar-refractivity contribution in [2.24, 2.45) is 0 Å². The van der Waals surface area contributed by atoms with Crippen molar-refractivity contribution in [1.82, 2.24) is 5.32 Å². The van der Waals surface area contributed by atoms with E-state index in [1.165, 1.54) is 62.9 Å². The minimum atomic E-state index is 0. The van der Waals surface area contributed by atoms with Crippen molar-refractivity contribution >= 4 is 12.6 Å². The zero-order valence-electron chi connectivity index (χ0n) is 9.84. The fourth-order valence-corrected chi connectivity index (χ4v) is 2.95. The number of quaternary nitrogens is 1. The van der Waals surface area contributed by atoms with E-state index < -0.39 is 0 Å². The first-order chi connectivity index (χ1) is 6.83. The molecule has 1 heterocycles. The Labute approximate surface area is 111 Å². The fraction of sp³-hybridized carbons (Fsp3) is 1.00. The second kappa shape index (κ2) is 8.85. The van der Waals surface area contributed by atoms with Gasteiger partial charge >= 0.3 is 0 Å². The van der Waals surface area contributed by atoms with Gasteiger partial charge in [0, 0.05) is 18.6 Å². The summed E-state index contributed by atoms with van der Waals surface area (Å²) in [4.78, 5) is 0. The van der Waals surface area contributed by atoms with Crippen LogP contribution in [0.3, 0.4) is 0 Å². The van der Waals surface area contributed by atoms with Crippen molar-refractivity contribution in [2.45, 2.75) is 25.7 Å². The van der Waals surface area contributed by atoms with Gasteiger partial charge in [0.2, 0.25) is 0 Å². The van der Waals surface area contributed by atoms with Crippen LogP contribution in [-0.4, -0.2) is 50.0 Å². The van der Waals surface area contributed by atoms with Crippen molar-refractivity contribution in [3.63, 3.8) is 0 Å². The highest BCUT2D eigenvalue weighted by Gasteiger charge is 2.30. The van der Waals surface area contributed by atoms with E-state index in [1.807, 2.05) is 7.05 Å². The molecule has 15 heavy (non-hydrogen) atoms. The van der Waals surface area contributed by atoms with Crippen LogP contribution in [0, 0.1) is 0 Å². The summed E-state index contributed by atoms with van der Waals surface area (Å²) in [6, 6.07) is 0. The second-order valence-corrected chi connectivity index (χ2v) is 4.92. The number of halogens is 1. The standard InChI is InChI=1S/C11H24N2S.BrH/c1-12-6-2-3-7-13(10-11-14)8-4-5-9-13;/h12H,2-11H2,1H3;1H. The van der Waals surface area contributed by atoms with Crippen molar-refractivity contribution in [1.29, 1.82) is 0 Å². The molecular weight excluding hydrogens is 272 g/mol. The Morgan fingerprint density at radius 2 is 1.80 bits per heavy atom. The number of rotatable bonds is 7. The van der Waals surface area contributed by atoms with Crippen LogP contribution in [0.2, 0.25) is 0 Å². The molecule has 0 amide bonds. The summed E-state index contributed by atoms with van der Waals surface area (Å²) in [5.74, 6) is 1.05. The molecule has 0 saturated carbocycles. The molecule has 4 heteroatoms. The lowest BCUT2D eigenvalue weighted by molar-refractivity contribution is -0.914. The van der Waals surface area contributed by atoms with Crippen LogP contribution in [0.25, 0.3) is 0 Å². The Bertz CT molecular complexity index is 150. The number of hydrogen-bond acceptors (Lipinski definition) is 2. The van der Waals surface area contributed by atoms with Crippen molar-refractivity contribution in [3.05, 3.63) is 0 Å². The summed E-state index contributed by atoms with van der Waals surface area (Å²) in [7, 11) is 2.04. The van der Waals surface area contributed by atoms with Gasteiger partial charge in [-0.3, -0.25) is 0 Å². The molecule has 0 spiro atoms. The fourth-order valence-electron chi connectivity index (χ4n) is 2.53. The second-order valence-electron chi connectivity index (χ2n) is 4.48. The molecule has 0 aliphatic carbocycles. The van der Waals surface area contributed by atoms with E-state index in [1.54, 1.807) is 0 Å². The molecule has 2 nitrogen and oxygen atoms in total. The van der Waals surface area contributed by atoms with Gasteiger partial charge in [0.25, 0.3) is 0 Å². The van der Waals surface area contributed by atoms with Crippen LogP contribution in [0.4, 0.5) is 0 Å². The van der Waals surface area contributed by atoms with Gasteiger partial charge in [-0.05, 0) is 26.4 Å². The molecule has 1 N–H and O–H groups in total. The first-order valence-electron chi connectivity index (χ1n) is 5.93. The third-order valence-corrected chi connectivity index (χ3v) is 3.60. The highest BCUT2D eigenvalue weighted by atomic mass is 79.9. The molecule has 1 fully saturated rings. The molecule has 1 saturated heterocycles. The molecular formula is C11H25BrN2S. The molecule has 1 rings (SSSR count). The zero-order valence-corrected chi connectivity index (χ0v) is 12.3. The largest absolute Gasteiger partial charge is 1.00 e. The average Bonchev–Trinajstić information content (AvgIpc) is 2.63. The van der Waals surface area contributed by atoms with Crippen molar-refractivity contribution < 1.29 is 21.5 Å². The lowest BCUT2D eigenvalue weighted by Crippen LogP contribution is -3.00. The molecule has 0 aromatic rings. The molecule has 0 aromatic carbocycles. The number of likely N-dealkylation sites (tertiary alicyclic amines) is 1. The van der Waals surface area contributed by atoms with Crippen LogP contribution in [0.15, 0.2) is 0 Å². The topological polar surface area (TPSA) is 12.0 Å². The predicted molar refractivity (Wildman–Crippen MR) is 66.0 cm³/mol. The maximum atomic E-state index is 4.39. The molecule has 0 aromatic heterocycles. The van der Waals surface area contributed by atoms with E-state index in [0.29, 0.717) is 0 Å². The number of nitrogens with one attached hydrogen (secondary N) is 1. The van der Waals surface area contributed by atoms with Gasteiger partial charge in [-0.25, -0.2) is 0 Å². The summed E-state index contributed by atoms with van der Waals surface area (Å²) < 4.78 is 1.35. The Morgan fingerprint density at radius 1 is 1.13 bits per heavy atom. The van der Waals surface area contributed by atoms with Crippen molar-refractivity contribution in [3.8, 4) is 0 Å². The van der Waals surface area contributed by atoms with E-state index in [4.69, 9.17) is 0 Å². The first-order valence-corrected chi connectivity index (χ1v) is 6.57. The zero-order chi connectivity index (χ0) is 10.3. The number of hydrogen-bond donors (Lipinski definition) is 2. The molecule has 0 bridgehead atoms. The van der Waals surface area contributed by atoms with Crippen LogP contribution in [-0.2, 0) is 0 Å². The van der Waals surface area contributed by atoms with Crippen LogP contribution in [0.5, 0.6) is 0 Å². The molecule has 0 atom stereocenters. The summed E-state index contributed by atoms with van der Waals surface area (Å²) in [5, 5.41) is 3.22. The average molecular weight is 297 g/mol. The van der Waals surface area contributed by atoms with Gasteiger partial charge in [0.05, 0.1) is 26.2 Å². The van der Waals surface area contributed by atoms with Gasteiger partial charge in [-0.15, -0.1) is 0 Å². The smallest absolute Gasteiger partial charge is 0.0876 e. The third kappa shape index (κ3) is 5.57. The number of unbranched alkanes of at least 4 members (excludes halogenated alkanes) is 1. The van der Waals surface area contributed by atoms with E-state index in [9.17, 15) is 0 Å². The first kappa shape index (κ1) is 15.8. The van der Waals surface area contributed by atoms with Gasteiger partial charge in [0.1, 0.15) is 0 Å². The van der Waals surface area contributed by atoms with Crippen LogP contribution < -0.4 is 22.3 Å². The minimum absolute atomic E-state index is 0. The maximum absolute atomic E-state index is 4.39. The Morgan fingerprint density at radius 3 is 2.33 bits per heavy atom. The summed E-state index contributed by atoms with van der Waals surface area (Å²) in [6.45, 7) is 6.63. The molecule has 1 aliphatic rings. The Balaban J connectivity index is 0.00000196. The highest BCUT2D eigenvalue weighted by molar-refractivity contribution is 7.80. The van der Waals surface area contributed by atoms with Crippen LogP contribution in [0.1, 0.15) is 25.7 Å². The maximum Gasteiger partial charge on any atom is 0.0876 e. The van der Waals surface area contributed by atoms with E-state index in [-0.39, 0.29) is 17.0 Å². The van der Waals surface area contributed by atoms with E-state index in [0.717, 1.165) is 5.75 Å². The highest BCUT2D eigenvalue weighted by Crippen LogP contribution is 2.20. The van der Waals surface area contributed by atoms with E-state index >= 15 is 0 Å². The summed E-state index contributed by atoms with van der Waals surface area (Å²) in [5.41, 5.74) is 0.